The van der Waals surface area contributed by atoms with Crippen LogP contribution < -0.4 is 0 Å². The van der Waals surface area contributed by atoms with Crippen LogP contribution in [0.2, 0.25) is 0 Å². The predicted molar refractivity (Wildman–Crippen MR) is 212 cm³/mol. The lowest BCUT2D eigenvalue weighted by Gasteiger charge is -2.25. The summed E-state index contributed by atoms with van der Waals surface area (Å²) in [4.78, 5) is 28.4. The number of hydrogen-bond acceptors (Lipinski definition) is 2. The fraction of sp³-hybridized carbons (Fsp3) is 0.125. The van der Waals surface area contributed by atoms with Crippen LogP contribution in [-0.4, -0.2) is 20.7 Å². The zero-order valence-electron chi connectivity index (χ0n) is 29.2. The molecule has 0 saturated heterocycles. The normalized spacial score (nSPS) is 17.1. The van der Waals surface area contributed by atoms with Gasteiger partial charge in [-0.2, -0.15) is 0 Å². The number of para-hydroxylation sites is 3. The third-order valence-corrected chi connectivity index (χ3v) is 12.0. The molecule has 11 rings (SSSR count). The van der Waals surface area contributed by atoms with Gasteiger partial charge in [0.1, 0.15) is 0 Å². The van der Waals surface area contributed by atoms with E-state index in [4.69, 9.17) is 0 Å². The number of aromatic nitrogens is 2. The predicted octanol–water partition coefficient (Wildman–Crippen LogP) is 11.4. The molecule has 1 unspecified atom stereocenters. The van der Waals surface area contributed by atoms with Gasteiger partial charge in [0.25, 0.3) is 0 Å². The van der Waals surface area contributed by atoms with E-state index in [9.17, 15) is 9.59 Å². The summed E-state index contributed by atoms with van der Waals surface area (Å²) in [6.45, 7) is 6.90. The maximum absolute atomic E-state index is 14.3. The van der Waals surface area contributed by atoms with Gasteiger partial charge in [-0.3, -0.25) is 9.59 Å². The topological polar surface area (TPSA) is 44.0 Å². The van der Waals surface area contributed by atoms with Gasteiger partial charge in [0.15, 0.2) is 11.6 Å². The first-order chi connectivity index (χ1) is 25.4. The van der Waals surface area contributed by atoms with E-state index in [1.54, 1.807) is 12.1 Å². The zero-order valence-corrected chi connectivity index (χ0v) is 29.2. The smallest absolute Gasteiger partial charge is 0.194 e. The Morgan fingerprint density at radius 3 is 1.90 bits per heavy atom. The molecule has 0 aliphatic heterocycles. The molecule has 0 saturated carbocycles. The van der Waals surface area contributed by atoms with Crippen molar-refractivity contribution in [3.8, 4) is 16.8 Å². The highest BCUT2D eigenvalue weighted by atomic mass is 16.1. The van der Waals surface area contributed by atoms with Gasteiger partial charge < -0.3 is 9.13 Å². The van der Waals surface area contributed by atoms with Crippen LogP contribution in [0.5, 0.6) is 0 Å². The van der Waals surface area contributed by atoms with Gasteiger partial charge in [-0.25, -0.2) is 0 Å². The molecule has 0 radical (unpaired) electrons. The molecule has 3 aliphatic rings. The van der Waals surface area contributed by atoms with Crippen LogP contribution in [0.15, 0.2) is 133 Å². The molecular formula is C48H34N2O2. The van der Waals surface area contributed by atoms with Crippen LogP contribution in [0.4, 0.5) is 0 Å². The minimum absolute atomic E-state index is 0.0854. The number of nitrogens with zero attached hydrogens (tertiary/aromatic N) is 2. The number of carbonyl (C=O) groups excluding carboxylic acids is 2. The zero-order chi connectivity index (χ0) is 35.0. The van der Waals surface area contributed by atoms with Crippen molar-refractivity contribution < 1.29 is 9.59 Å². The minimum atomic E-state index is -0.494. The molecule has 0 spiro atoms. The van der Waals surface area contributed by atoms with Crippen LogP contribution >= 0.6 is 0 Å². The van der Waals surface area contributed by atoms with E-state index >= 15 is 0 Å². The summed E-state index contributed by atoms with van der Waals surface area (Å²) in [5, 5.41) is 4.80. The van der Waals surface area contributed by atoms with E-state index in [0.29, 0.717) is 28.2 Å². The molecule has 3 aliphatic carbocycles. The van der Waals surface area contributed by atoms with Gasteiger partial charge in [0, 0.05) is 72.1 Å². The second kappa shape index (κ2) is 10.2. The maximum Gasteiger partial charge on any atom is 0.194 e. The Hall–Kier alpha value is -6.26. The highest BCUT2D eigenvalue weighted by molar-refractivity contribution is 6.33. The molecule has 0 amide bonds. The van der Waals surface area contributed by atoms with Crippen LogP contribution in [0.25, 0.3) is 66.1 Å². The lowest BCUT2D eigenvalue weighted by Crippen LogP contribution is -2.23. The van der Waals surface area contributed by atoms with Crippen molar-refractivity contribution in [2.75, 3.05) is 0 Å². The number of rotatable bonds is 2. The molecular weight excluding hydrogens is 637 g/mol. The molecule has 2 aromatic heterocycles. The average Bonchev–Trinajstić information content (AvgIpc) is 3.77. The van der Waals surface area contributed by atoms with Crippen molar-refractivity contribution in [3.63, 3.8) is 0 Å². The summed E-state index contributed by atoms with van der Waals surface area (Å²) >= 11 is 0. The molecule has 248 valence electrons. The van der Waals surface area contributed by atoms with Gasteiger partial charge in [-0.05, 0) is 65.6 Å². The van der Waals surface area contributed by atoms with Gasteiger partial charge in [0.2, 0.25) is 0 Å². The van der Waals surface area contributed by atoms with E-state index in [1.165, 1.54) is 38.3 Å². The Labute approximate surface area is 300 Å². The molecule has 4 nitrogen and oxygen atoms in total. The van der Waals surface area contributed by atoms with Gasteiger partial charge in [0.05, 0.1) is 22.1 Å². The fourth-order valence-corrected chi connectivity index (χ4v) is 9.72. The molecule has 52 heavy (non-hydrogen) atoms. The summed E-state index contributed by atoms with van der Waals surface area (Å²) in [6, 6.07) is 39.6. The molecule has 0 fully saturated rings. The number of benzene rings is 6. The van der Waals surface area contributed by atoms with Crippen LogP contribution in [0.1, 0.15) is 70.2 Å². The first-order valence-corrected chi connectivity index (χ1v) is 18.2. The third kappa shape index (κ3) is 3.56. The van der Waals surface area contributed by atoms with E-state index in [-0.39, 0.29) is 11.6 Å². The van der Waals surface area contributed by atoms with Gasteiger partial charge in [-0.15, -0.1) is 0 Å². The van der Waals surface area contributed by atoms with E-state index in [2.05, 4.69) is 133 Å². The first kappa shape index (κ1) is 29.5. The van der Waals surface area contributed by atoms with E-state index in [0.717, 1.165) is 45.3 Å². The molecule has 4 heteroatoms. The number of ketones is 2. The second-order valence-corrected chi connectivity index (χ2v) is 15.2. The molecule has 1 atom stereocenters. The monoisotopic (exact) mass is 670 g/mol. The Balaban J connectivity index is 1.41. The summed E-state index contributed by atoms with van der Waals surface area (Å²) in [7, 11) is 0. The largest absolute Gasteiger partial charge is 0.312 e. The van der Waals surface area contributed by atoms with Crippen molar-refractivity contribution >= 4 is 60.9 Å². The Morgan fingerprint density at radius 2 is 1.21 bits per heavy atom. The standard InChI is InChI=1S/C48H34N2O2/c1-27-15-7-12-22-37(27)50-39-24-14-11-21-32(39)42-44-40(31-20-10-13-23-38(31)49(44)28-16-5-4-6-17-28)43-41(45(42)50)35-25-33-34(26-36(35)48(43,2)3)47(52)30-19-9-8-18-29(30)46(33)51/h4-14,16-27H,15H2,1-3H3. The van der Waals surface area contributed by atoms with Crippen molar-refractivity contribution in [3.05, 3.63) is 167 Å². The van der Waals surface area contributed by atoms with Crippen molar-refractivity contribution in [2.24, 2.45) is 5.92 Å². The number of carbonyl (C=O) groups is 2. The van der Waals surface area contributed by atoms with Crippen molar-refractivity contribution in [1.29, 1.82) is 0 Å². The second-order valence-electron chi connectivity index (χ2n) is 15.2. The van der Waals surface area contributed by atoms with Crippen molar-refractivity contribution in [2.45, 2.75) is 32.6 Å². The van der Waals surface area contributed by atoms with E-state index < -0.39 is 5.41 Å². The molecule has 0 N–H and O–H groups in total. The summed E-state index contributed by atoms with van der Waals surface area (Å²) in [5.74, 6) is 0.118. The van der Waals surface area contributed by atoms with Crippen LogP contribution in [-0.2, 0) is 5.41 Å². The number of fused-ring (bicyclic) bond motifs is 14. The molecule has 8 aromatic rings. The maximum atomic E-state index is 14.3. The highest BCUT2D eigenvalue weighted by Gasteiger charge is 2.44. The SMILES string of the molecule is CC1CC=CC=C1n1c2ccccc2c2c1c1c(c3c4ccccc4n(-c4ccccc4)c32)C(C)(C)c2cc3c(cc2-1)C(=O)c1ccccc1C3=O. The summed E-state index contributed by atoms with van der Waals surface area (Å²) in [6.07, 6.45) is 7.67. The average molecular weight is 671 g/mol. The molecule has 6 aromatic carbocycles. The first-order valence-electron chi connectivity index (χ1n) is 18.2. The number of hydrogen-bond donors (Lipinski definition) is 0. The highest BCUT2D eigenvalue weighted by Crippen LogP contribution is 2.59. The third-order valence-electron chi connectivity index (χ3n) is 12.0. The molecule has 2 heterocycles. The van der Waals surface area contributed by atoms with Crippen molar-refractivity contribution in [1.82, 2.24) is 9.13 Å². The lowest BCUT2D eigenvalue weighted by atomic mass is 9.77. The Bertz CT molecular complexity index is 3000. The number of allylic oxidation sites excluding steroid dienone is 4. The molecule has 0 bridgehead atoms. The lowest BCUT2D eigenvalue weighted by molar-refractivity contribution is 0.0979. The summed E-state index contributed by atoms with van der Waals surface area (Å²) in [5.41, 5.74) is 13.0. The van der Waals surface area contributed by atoms with Crippen LogP contribution in [0, 0.1) is 5.92 Å². The van der Waals surface area contributed by atoms with Gasteiger partial charge >= 0.3 is 0 Å². The van der Waals surface area contributed by atoms with E-state index in [1.807, 2.05) is 18.2 Å². The minimum Gasteiger partial charge on any atom is -0.312 e. The quantitative estimate of drug-likeness (QED) is 0.184. The summed E-state index contributed by atoms with van der Waals surface area (Å²) < 4.78 is 4.97. The fourth-order valence-electron chi connectivity index (χ4n) is 9.72. The Morgan fingerprint density at radius 1 is 0.615 bits per heavy atom. The van der Waals surface area contributed by atoms with Gasteiger partial charge in [-0.1, -0.05) is 112 Å². The van der Waals surface area contributed by atoms with Crippen LogP contribution in [0.3, 0.4) is 0 Å². The Kier molecular flexibility index (Phi) is 5.76.